The van der Waals surface area contributed by atoms with Crippen molar-refractivity contribution in [1.29, 1.82) is 0 Å². The van der Waals surface area contributed by atoms with Crippen molar-refractivity contribution in [1.82, 2.24) is 0 Å². The van der Waals surface area contributed by atoms with Crippen LogP contribution < -0.4 is 11.1 Å². The highest BCUT2D eigenvalue weighted by Crippen LogP contribution is 2.34. The van der Waals surface area contributed by atoms with Crippen LogP contribution in [0.15, 0.2) is 39.2 Å². The van der Waals surface area contributed by atoms with Gasteiger partial charge < -0.3 is 30.1 Å². The number of nitrogens with one attached hydrogen (secondary N) is 1. The van der Waals surface area contributed by atoms with Gasteiger partial charge in [-0.3, -0.25) is 4.79 Å². The van der Waals surface area contributed by atoms with Crippen LogP contribution in [0.2, 0.25) is 0 Å². The predicted molar refractivity (Wildman–Crippen MR) is 82.6 cm³/mol. The van der Waals surface area contributed by atoms with Crippen molar-refractivity contribution in [3.05, 3.63) is 53.4 Å². The minimum absolute atomic E-state index is 0.0551. The number of anilines is 1. The largest absolute Gasteiger partial charge is 0.459 e. The maximum atomic E-state index is 13.5. The van der Waals surface area contributed by atoms with E-state index in [2.05, 4.69) is 5.32 Å². The maximum absolute atomic E-state index is 13.5. The van der Waals surface area contributed by atoms with Crippen LogP contribution in [0.4, 0.5) is 10.1 Å². The number of halogens is 1. The summed E-state index contributed by atoms with van der Waals surface area (Å²) in [5.74, 6) is -1.27. The molecule has 5 N–H and O–H groups in total. The number of carbonyl (C=O) groups excluding carboxylic acids is 1. The Morgan fingerprint density at radius 2 is 1.92 bits per heavy atom. The summed E-state index contributed by atoms with van der Waals surface area (Å²) in [4.78, 5) is 11.5. The maximum Gasteiger partial charge on any atom is 0.286 e. The molecule has 8 heteroatoms. The third-order valence-electron chi connectivity index (χ3n) is 3.48. The number of fused-ring (bicyclic) bond motifs is 1. The van der Waals surface area contributed by atoms with Gasteiger partial charge in [-0.25, -0.2) is 4.39 Å². The molecule has 1 amide bonds. The fourth-order valence-corrected chi connectivity index (χ4v) is 2.33. The number of primary amides is 1. The molecule has 2 atom stereocenters. The molecule has 0 aliphatic heterocycles. The van der Waals surface area contributed by atoms with Crippen LogP contribution in [0.25, 0.3) is 11.0 Å². The van der Waals surface area contributed by atoms with Crippen molar-refractivity contribution < 1.29 is 28.2 Å². The molecule has 2 aromatic heterocycles. The molecular formula is C16H15FN2O5. The quantitative estimate of drug-likeness (QED) is 0.532. The van der Waals surface area contributed by atoms with E-state index in [-0.39, 0.29) is 33.9 Å². The van der Waals surface area contributed by atoms with Crippen molar-refractivity contribution in [2.24, 2.45) is 5.73 Å². The second-order valence-electron chi connectivity index (χ2n) is 5.27. The number of furan rings is 2. The lowest BCUT2D eigenvalue weighted by Gasteiger charge is -2.12. The molecular weight excluding hydrogens is 319 g/mol. The van der Waals surface area contributed by atoms with Gasteiger partial charge in [0.05, 0.1) is 5.69 Å². The lowest BCUT2D eigenvalue weighted by atomic mass is 10.2. The summed E-state index contributed by atoms with van der Waals surface area (Å²) >= 11 is 0. The lowest BCUT2D eigenvalue weighted by Crippen LogP contribution is -2.15. The zero-order valence-corrected chi connectivity index (χ0v) is 12.6. The Hall–Kier alpha value is -2.84. The number of hydrogen-bond donors (Lipinski definition) is 4. The SMILES string of the molecule is CC(O)c1ccc(C(O)Nc2c(C(N)=O)oc3ccc(F)cc23)o1. The number of aliphatic hydroxyl groups excluding tert-OH is 2. The second-order valence-corrected chi connectivity index (χ2v) is 5.27. The lowest BCUT2D eigenvalue weighted by molar-refractivity contribution is 0.0976. The van der Waals surface area contributed by atoms with Gasteiger partial charge in [0.2, 0.25) is 5.76 Å². The first kappa shape index (κ1) is 16.0. The molecule has 2 heterocycles. The summed E-state index contributed by atoms with van der Waals surface area (Å²) in [6.45, 7) is 1.51. The molecule has 0 aliphatic carbocycles. The van der Waals surface area contributed by atoms with Crippen LogP contribution in [0.5, 0.6) is 0 Å². The van der Waals surface area contributed by atoms with Crippen molar-refractivity contribution in [2.45, 2.75) is 19.3 Å². The van der Waals surface area contributed by atoms with E-state index in [9.17, 15) is 19.4 Å². The van der Waals surface area contributed by atoms with Gasteiger partial charge >= 0.3 is 0 Å². The fourth-order valence-electron chi connectivity index (χ4n) is 2.33. The summed E-state index contributed by atoms with van der Waals surface area (Å²) in [6.07, 6.45) is -2.20. The van der Waals surface area contributed by atoms with E-state index in [0.717, 1.165) is 6.07 Å². The number of rotatable bonds is 5. The molecule has 3 rings (SSSR count). The minimum atomic E-state index is -1.36. The smallest absolute Gasteiger partial charge is 0.286 e. The van der Waals surface area contributed by atoms with Crippen molar-refractivity contribution in [2.75, 3.05) is 5.32 Å². The van der Waals surface area contributed by atoms with Gasteiger partial charge in [-0.1, -0.05) is 0 Å². The molecule has 0 saturated heterocycles. The van der Waals surface area contributed by atoms with Crippen LogP contribution in [0.3, 0.4) is 0 Å². The fraction of sp³-hybridized carbons (Fsp3) is 0.188. The summed E-state index contributed by atoms with van der Waals surface area (Å²) in [7, 11) is 0. The Balaban J connectivity index is 1.99. The van der Waals surface area contributed by atoms with Crippen LogP contribution >= 0.6 is 0 Å². The molecule has 7 nitrogen and oxygen atoms in total. The third-order valence-corrected chi connectivity index (χ3v) is 3.48. The Bertz CT molecular complexity index is 899. The molecule has 0 spiro atoms. The molecule has 0 aliphatic rings. The van der Waals surface area contributed by atoms with E-state index >= 15 is 0 Å². The molecule has 2 unspecified atom stereocenters. The molecule has 0 bridgehead atoms. The summed E-state index contributed by atoms with van der Waals surface area (Å²) in [5, 5.41) is 22.6. The first-order valence-electron chi connectivity index (χ1n) is 7.11. The number of nitrogens with two attached hydrogens (primary N) is 1. The highest BCUT2D eigenvalue weighted by molar-refractivity contribution is 6.05. The average molecular weight is 334 g/mol. The number of carbonyl (C=O) groups is 1. The average Bonchev–Trinajstić information content (AvgIpc) is 3.13. The number of benzene rings is 1. The minimum Gasteiger partial charge on any atom is -0.459 e. The monoisotopic (exact) mass is 334 g/mol. The predicted octanol–water partition coefficient (Wildman–Crippen LogP) is 2.42. The molecule has 0 saturated carbocycles. The van der Waals surface area contributed by atoms with Gasteiger partial charge in [0.15, 0.2) is 12.0 Å². The molecule has 24 heavy (non-hydrogen) atoms. The van der Waals surface area contributed by atoms with Crippen LogP contribution in [0.1, 0.15) is 41.3 Å². The van der Waals surface area contributed by atoms with Gasteiger partial charge in [-0.15, -0.1) is 0 Å². The first-order chi connectivity index (χ1) is 11.4. The van der Waals surface area contributed by atoms with Crippen LogP contribution in [-0.2, 0) is 0 Å². The summed E-state index contributed by atoms with van der Waals surface area (Å²) < 4.78 is 24.1. The molecule has 0 radical (unpaired) electrons. The van der Waals surface area contributed by atoms with Crippen molar-refractivity contribution >= 4 is 22.6 Å². The second kappa shape index (κ2) is 5.99. The number of amides is 1. The van der Waals surface area contributed by atoms with Gasteiger partial charge in [0.1, 0.15) is 23.3 Å². The molecule has 1 aromatic carbocycles. The zero-order chi connectivity index (χ0) is 17.4. The van der Waals surface area contributed by atoms with Crippen molar-refractivity contribution in [3.8, 4) is 0 Å². The van der Waals surface area contributed by atoms with E-state index in [1.54, 1.807) is 0 Å². The Morgan fingerprint density at radius 1 is 1.21 bits per heavy atom. The van der Waals surface area contributed by atoms with Gasteiger partial charge in [-0.05, 0) is 37.3 Å². The molecule has 126 valence electrons. The van der Waals surface area contributed by atoms with E-state index < -0.39 is 24.1 Å². The normalized spacial score (nSPS) is 13.8. The summed E-state index contributed by atoms with van der Waals surface area (Å²) in [6, 6.07) is 6.66. The molecule has 0 fully saturated rings. The van der Waals surface area contributed by atoms with E-state index in [1.807, 2.05) is 0 Å². The van der Waals surface area contributed by atoms with E-state index in [4.69, 9.17) is 14.6 Å². The number of hydrogen-bond acceptors (Lipinski definition) is 6. The highest BCUT2D eigenvalue weighted by atomic mass is 19.1. The van der Waals surface area contributed by atoms with Crippen LogP contribution in [-0.4, -0.2) is 16.1 Å². The Morgan fingerprint density at radius 3 is 2.54 bits per heavy atom. The Labute approximate surface area is 135 Å². The standard InChI is InChI=1S/C16H15FN2O5/c1-7(20)10-4-5-12(23-10)16(22)19-13-9-6-8(17)2-3-11(9)24-14(13)15(18)21/h2-7,16,19-20,22H,1H3,(H2,18,21). The van der Waals surface area contributed by atoms with Crippen LogP contribution in [0, 0.1) is 5.82 Å². The van der Waals surface area contributed by atoms with Gasteiger partial charge in [0, 0.05) is 5.39 Å². The zero-order valence-electron chi connectivity index (χ0n) is 12.6. The topological polar surface area (TPSA) is 122 Å². The Kier molecular flexibility index (Phi) is 4.00. The summed E-state index contributed by atoms with van der Waals surface area (Å²) in [5.41, 5.74) is 5.57. The van der Waals surface area contributed by atoms with E-state index in [0.29, 0.717) is 0 Å². The van der Waals surface area contributed by atoms with Gasteiger partial charge in [0.25, 0.3) is 5.91 Å². The molecule has 3 aromatic rings. The van der Waals surface area contributed by atoms with E-state index in [1.165, 1.54) is 31.2 Å². The first-order valence-corrected chi connectivity index (χ1v) is 7.11. The highest BCUT2D eigenvalue weighted by Gasteiger charge is 2.23. The number of aliphatic hydroxyl groups is 2. The third kappa shape index (κ3) is 2.84. The van der Waals surface area contributed by atoms with Gasteiger partial charge in [-0.2, -0.15) is 0 Å². The van der Waals surface area contributed by atoms with Crippen molar-refractivity contribution in [3.63, 3.8) is 0 Å².